The van der Waals surface area contributed by atoms with Gasteiger partial charge in [0.15, 0.2) is 6.61 Å². The summed E-state index contributed by atoms with van der Waals surface area (Å²) in [6, 6.07) is 5.67. The number of nitrogens with zero attached hydrogens (tertiary/aromatic N) is 1. The Morgan fingerprint density at radius 2 is 2.25 bits per heavy atom. The molecule has 0 bridgehead atoms. The van der Waals surface area contributed by atoms with Crippen molar-refractivity contribution in [3.63, 3.8) is 0 Å². The van der Waals surface area contributed by atoms with Crippen LogP contribution >= 0.6 is 0 Å². The summed E-state index contributed by atoms with van der Waals surface area (Å²) in [7, 11) is 0. The third-order valence-electron chi connectivity index (χ3n) is 3.35. The number of nitro groups is 1. The molecule has 1 aromatic rings. The number of non-ortho nitro benzene ring substituents is 1. The number of rotatable bonds is 7. The van der Waals surface area contributed by atoms with Gasteiger partial charge in [0.05, 0.1) is 17.6 Å². The van der Waals surface area contributed by atoms with Crippen molar-refractivity contribution in [3.8, 4) is 5.75 Å². The van der Waals surface area contributed by atoms with E-state index in [4.69, 9.17) is 9.84 Å². The van der Waals surface area contributed by atoms with Crippen LogP contribution in [0.2, 0.25) is 0 Å². The highest BCUT2D eigenvalue weighted by Gasteiger charge is 2.42. The van der Waals surface area contributed by atoms with Crippen LogP contribution in [-0.4, -0.2) is 35.7 Å². The molecule has 1 amide bonds. The first-order valence-electron chi connectivity index (χ1n) is 6.29. The molecular formula is C13H16N2O5. The summed E-state index contributed by atoms with van der Waals surface area (Å²) in [4.78, 5) is 21.6. The molecule has 0 heterocycles. The van der Waals surface area contributed by atoms with Crippen LogP contribution in [0.15, 0.2) is 24.3 Å². The molecule has 7 heteroatoms. The second-order valence-electron chi connectivity index (χ2n) is 4.98. The van der Waals surface area contributed by atoms with E-state index in [1.54, 1.807) is 6.07 Å². The normalized spacial score (nSPS) is 15.4. The maximum atomic E-state index is 11.6. The van der Waals surface area contributed by atoms with Crippen LogP contribution in [0.25, 0.3) is 0 Å². The monoisotopic (exact) mass is 280 g/mol. The maximum Gasteiger partial charge on any atom is 0.273 e. The predicted octanol–water partition coefficient (Wildman–Crippen LogP) is 0.862. The second kappa shape index (κ2) is 5.87. The lowest BCUT2D eigenvalue weighted by molar-refractivity contribution is -0.384. The van der Waals surface area contributed by atoms with Crippen LogP contribution in [0.1, 0.15) is 12.8 Å². The van der Waals surface area contributed by atoms with E-state index in [-0.39, 0.29) is 36.0 Å². The standard InChI is InChI=1S/C13H16N2O5/c16-9-13(4-5-13)8-14-12(17)7-20-11-3-1-2-10(6-11)15(18)19/h1-3,6,16H,4-5,7-9H2,(H,14,17). The number of carbonyl (C=O) groups excluding carboxylic acids is 1. The molecule has 1 aliphatic carbocycles. The molecule has 0 atom stereocenters. The molecule has 0 aromatic heterocycles. The number of hydrogen-bond acceptors (Lipinski definition) is 5. The molecule has 2 rings (SSSR count). The number of hydrogen-bond donors (Lipinski definition) is 2. The van der Waals surface area contributed by atoms with Crippen molar-refractivity contribution in [2.24, 2.45) is 5.41 Å². The van der Waals surface area contributed by atoms with Crippen molar-refractivity contribution >= 4 is 11.6 Å². The van der Waals surface area contributed by atoms with Gasteiger partial charge in [-0.05, 0) is 18.9 Å². The van der Waals surface area contributed by atoms with Crippen LogP contribution < -0.4 is 10.1 Å². The molecule has 1 fully saturated rings. The number of benzene rings is 1. The second-order valence-corrected chi connectivity index (χ2v) is 4.98. The minimum absolute atomic E-state index is 0.0685. The third kappa shape index (κ3) is 3.67. The topological polar surface area (TPSA) is 102 Å². The van der Waals surface area contributed by atoms with E-state index >= 15 is 0 Å². The first kappa shape index (κ1) is 14.3. The van der Waals surface area contributed by atoms with E-state index in [1.807, 2.05) is 0 Å². The Balaban J connectivity index is 1.78. The zero-order chi connectivity index (χ0) is 14.6. The smallest absolute Gasteiger partial charge is 0.273 e. The van der Waals surface area contributed by atoms with E-state index in [1.165, 1.54) is 18.2 Å². The Kier molecular flexibility index (Phi) is 4.19. The molecule has 0 spiro atoms. The van der Waals surface area contributed by atoms with Crippen molar-refractivity contribution in [1.29, 1.82) is 0 Å². The fourth-order valence-electron chi connectivity index (χ4n) is 1.74. The first-order chi connectivity index (χ1) is 9.54. The van der Waals surface area contributed by atoms with E-state index in [0.29, 0.717) is 6.54 Å². The van der Waals surface area contributed by atoms with Crippen molar-refractivity contribution in [1.82, 2.24) is 5.32 Å². The van der Waals surface area contributed by atoms with Gasteiger partial charge in [-0.1, -0.05) is 6.07 Å². The summed E-state index contributed by atoms with van der Waals surface area (Å²) in [5, 5.41) is 22.4. The van der Waals surface area contributed by atoms with Crippen LogP contribution in [0, 0.1) is 15.5 Å². The Hall–Kier alpha value is -2.15. The van der Waals surface area contributed by atoms with Gasteiger partial charge in [-0.2, -0.15) is 0 Å². The highest BCUT2D eigenvalue weighted by atomic mass is 16.6. The van der Waals surface area contributed by atoms with Gasteiger partial charge in [-0.3, -0.25) is 14.9 Å². The maximum absolute atomic E-state index is 11.6. The average molecular weight is 280 g/mol. The van der Waals surface area contributed by atoms with Gasteiger partial charge in [0.25, 0.3) is 11.6 Å². The lowest BCUT2D eigenvalue weighted by atomic mass is 10.1. The Morgan fingerprint density at radius 3 is 2.85 bits per heavy atom. The summed E-state index contributed by atoms with van der Waals surface area (Å²) in [5.74, 6) is -0.0334. The molecule has 0 aliphatic heterocycles. The summed E-state index contributed by atoms with van der Waals surface area (Å²) in [5.41, 5.74) is -0.235. The van der Waals surface area contributed by atoms with Crippen LogP contribution in [0.5, 0.6) is 5.75 Å². The minimum Gasteiger partial charge on any atom is -0.484 e. The van der Waals surface area contributed by atoms with E-state index in [2.05, 4.69) is 5.32 Å². The zero-order valence-corrected chi connectivity index (χ0v) is 10.9. The number of nitrogens with one attached hydrogen (secondary N) is 1. The Bertz CT molecular complexity index is 513. The highest BCUT2D eigenvalue weighted by Crippen LogP contribution is 2.44. The highest BCUT2D eigenvalue weighted by molar-refractivity contribution is 5.77. The molecule has 7 nitrogen and oxygen atoms in total. The molecule has 0 unspecified atom stereocenters. The van der Waals surface area contributed by atoms with Gasteiger partial charge in [0, 0.05) is 18.0 Å². The quantitative estimate of drug-likeness (QED) is 0.570. The van der Waals surface area contributed by atoms with Crippen molar-refractivity contribution in [2.45, 2.75) is 12.8 Å². The zero-order valence-electron chi connectivity index (χ0n) is 10.9. The number of aliphatic hydroxyl groups excluding tert-OH is 1. The first-order valence-corrected chi connectivity index (χ1v) is 6.29. The summed E-state index contributed by atoms with van der Waals surface area (Å²) < 4.78 is 5.20. The molecule has 0 saturated heterocycles. The van der Waals surface area contributed by atoms with Gasteiger partial charge < -0.3 is 15.2 Å². The predicted molar refractivity (Wildman–Crippen MR) is 70.4 cm³/mol. The van der Waals surface area contributed by atoms with E-state index in [0.717, 1.165) is 12.8 Å². The minimum atomic E-state index is -0.523. The molecule has 1 aromatic carbocycles. The largest absolute Gasteiger partial charge is 0.484 e. The summed E-state index contributed by atoms with van der Waals surface area (Å²) in [6.45, 7) is 0.294. The SMILES string of the molecule is O=C(COc1cccc([N+](=O)[O-])c1)NCC1(CO)CC1. The Morgan fingerprint density at radius 1 is 1.50 bits per heavy atom. The van der Waals surface area contributed by atoms with Crippen LogP contribution in [-0.2, 0) is 4.79 Å². The summed E-state index contributed by atoms with van der Waals surface area (Å²) in [6.07, 6.45) is 1.82. The van der Waals surface area contributed by atoms with Crippen molar-refractivity contribution in [2.75, 3.05) is 19.8 Å². The number of nitro benzene ring substituents is 1. The third-order valence-corrected chi connectivity index (χ3v) is 3.35. The molecule has 1 aliphatic rings. The van der Waals surface area contributed by atoms with Gasteiger partial charge >= 0.3 is 0 Å². The van der Waals surface area contributed by atoms with E-state index < -0.39 is 4.92 Å². The lowest BCUT2D eigenvalue weighted by Gasteiger charge is -2.13. The molecular weight excluding hydrogens is 264 g/mol. The summed E-state index contributed by atoms with van der Waals surface area (Å²) >= 11 is 0. The number of ether oxygens (including phenoxy) is 1. The number of amides is 1. The molecule has 108 valence electrons. The van der Waals surface area contributed by atoms with Crippen molar-refractivity contribution in [3.05, 3.63) is 34.4 Å². The van der Waals surface area contributed by atoms with Crippen LogP contribution in [0.4, 0.5) is 5.69 Å². The van der Waals surface area contributed by atoms with Gasteiger partial charge in [0.1, 0.15) is 5.75 Å². The number of aliphatic hydroxyl groups is 1. The van der Waals surface area contributed by atoms with Crippen molar-refractivity contribution < 1.29 is 19.6 Å². The van der Waals surface area contributed by atoms with Gasteiger partial charge in [0.2, 0.25) is 0 Å². The fraction of sp³-hybridized carbons (Fsp3) is 0.462. The van der Waals surface area contributed by atoms with Crippen LogP contribution in [0.3, 0.4) is 0 Å². The van der Waals surface area contributed by atoms with Gasteiger partial charge in [-0.15, -0.1) is 0 Å². The fourth-order valence-corrected chi connectivity index (χ4v) is 1.74. The molecule has 1 saturated carbocycles. The lowest BCUT2D eigenvalue weighted by Crippen LogP contribution is -2.35. The Labute approximate surface area is 115 Å². The molecule has 0 radical (unpaired) electrons. The molecule has 2 N–H and O–H groups in total. The van der Waals surface area contributed by atoms with Gasteiger partial charge in [-0.25, -0.2) is 0 Å². The number of carbonyl (C=O) groups is 1. The average Bonchev–Trinajstić information content (AvgIpc) is 3.24. The molecule has 20 heavy (non-hydrogen) atoms. The van der Waals surface area contributed by atoms with E-state index in [9.17, 15) is 14.9 Å².